The summed E-state index contributed by atoms with van der Waals surface area (Å²) in [5.41, 5.74) is 6.57. The van der Waals surface area contributed by atoms with Gasteiger partial charge < -0.3 is 15.8 Å². The number of fused-ring (bicyclic) bond motifs is 1. The zero-order valence-electron chi connectivity index (χ0n) is 11.5. The zero-order valence-corrected chi connectivity index (χ0v) is 13.0. The van der Waals surface area contributed by atoms with Crippen LogP contribution < -0.4 is 15.8 Å². The first kappa shape index (κ1) is 13.9. The van der Waals surface area contributed by atoms with Crippen molar-refractivity contribution in [1.29, 1.82) is 0 Å². The first-order valence-electron chi connectivity index (χ1n) is 6.21. The molecule has 0 saturated carbocycles. The molecule has 0 amide bonds. The van der Waals surface area contributed by atoms with E-state index in [-0.39, 0.29) is 5.95 Å². The highest BCUT2D eigenvalue weighted by Crippen LogP contribution is 2.33. The molecular weight excluding hydrogens is 308 g/mol. The molecule has 0 spiro atoms. The van der Waals surface area contributed by atoms with Crippen LogP contribution in [0, 0.1) is 6.92 Å². The molecule has 0 fully saturated rings. The molecule has 1 aromatic carbocycles. The van der Waals surface area contributed by atoms with E-state index in [9.17, 15) is 0 Å². The van der Waals surface area contributed by atoms with Gasteiger partial charge in [0.05, 0.1) is 17.5 Å². The van der Waals surface area contributed by atoms with Gasteiger partial charge >= 0.3 is 0 Å². The van der Waals surface area contributed by atoms with Gasteiger partial charge in [0, 0.05) is 10.6 Å². The Balaban J connectivity index is 2.03. The number of benzene rings is 1. The Bertz CT molecular complexity index is 818. The fraction of sp³-hybridized carbons (Fsp3) is 0.143. The van der Waals surface area contributed by atoms with Crippen molar-refractivity contribution in [3.8, 4) is 5.75 Å². The van der Waals surface area contributed by atoms with E-state index in [4.69, 9.17) is 22.1 Å². The minimum absolute atomic E-state index is 0.242. The molecule has 5 nitrogen and oxygen atoms in total. The molecule has 0 atom stereocenters. The van der Waals surface area contributed by atoms with Crippen LogP contribution >= 0.6 is 22.9 Å². The van der Waals surface area contributed by atoms with Crippen LogP contribution in [-0.2, 0) is 0 Å². The van der Waals surface area contributed by atoms with Gasteiger partial charge in [0.2, 0.25) is 5.95 Å². The van der Waals surface area contributed by atoms with Crippen molar-refractivity contribution in [1.82, 2.24) is 9.97 Å². The molecule has 0 aliphatic carbocycles. The molecule has 0 unspecified atom stereocenters. The third kappa shape index (κ3) is 2.72. The smallest absolute Gasteiger partial charge is 0.223 e. The predicted octanol–water partition coefficient (Wildman–Crippen LogP) is 3.99. The minimum atomic E-state index is 0.242. The van der Waals surface area contributed by atoms with Crippen LogP contribution in [0.25, 0.3) is 10.2 Å². The van der Waals surface area contributed by atoms with Crippen LogP contribution in [0.15, 0.2) is 24.3 Å². The SMILES string of the molecule is COc1ccc(Nc2nc(N)nc3sc(C)cc23)cc1Cl. The van der Waals surface area contributed by atoms with Crippen molar-refractivity contribution < 1.29 is 4.74 Å². The summed E-state index contributed by atoms with van der Waals surface area (Å²) in [5.74, 6) is 1.54. The lowest BCUT2D eigenvalue weighted by Gasteiger charge is -2.09. The van der Waals surface area contributed by atoms with E-state index in [2.05, 4.69) is 15.3 Å². The van der Waals surface area contributed by atoms with E-state index in [0.717, 1.165) is 20.8 Å². The first-order chi connectivity index (χ1) is 10.1. The lowest BCUT2D eigenvalue weighted by Crippen LogP contribution is -2.00. The number of methoxy groups -OCH3 is 1. The van der Waals surface area contributed by atoms with Crippen molar-refractivity contribution >= 4 is 50.6 Å². The summed E-state index contributed by atoms with van der Waals surface area (Å²) in [6.45, 7) is 2.02. The largest absolute Gasteiger partial charge is 0.495 e. The second-order valence-corrected chi connectivity index (χ2v) is 6.12. The topological polar surface area (TPSA) is 73.1 Å². The number of aromatic nitrogens is 2. The summed E-state index contributed by atoms with van der Waals surface area (Å²) in [4.78, 5) is 10.5. The van der Waals surface area contributed by atoms with E-state index < -0.39 is 0 Å². The van der Waals surface area contributed by atoms with Crippen LogP contribution in [-0.4, -0.2) is 17.1 Å². The molecule has 0 radical (unpaired) electrons. The molecule has 0 aliphatic rings. The Morgan fingerprint density at radius 1 is 1.29 bits per heavy atom. The van der Waals surface area contributed by atoms with Crippen molar-refractivity contribution in [2.75, 3.05) is 18.2 Å². The molecule has 3 rings (SSSR count). The summed E-state index contributed by atoms with van der Waals surface area (Å²) < 4.78 is 5.14. The van der Waals surface area contributed by atoms with Gasteiger partial charge in [-0.25, -0.2) is 4.98 Å². The van der Waals surface area contributed by atoms with Gasteiger partial charge in [0.1, 0.15) is 16.4 Å². The number of nitrogens with zero attached hydrogens (tertiary/aromatic N) is 2. The first-order valence-corrected chi connectivity index (χ1v) is 7.40. The molecule has 0 aliphatic heterocycles. The highest BCUT2D eigenvalue weighted by atomic mass is 35.5. The average molecular weight is 321 g/mol. The Labute approximate surface area is 130 Å². The van der Waals surface area contributed by atoms with E-state index in [1.165, 1.54) is 0 Å². The Hall–Kier alpha value is -2.05. The molecule has 3 aromatic rings. The lowest BCUT2D eigenvalue weighted by atomic mass is 10.3. The molecule has 0 bridgehead atoms. The Morgan fingerprint density at radius 3 is 2.81 bits per heavy atom. The summed E-state index contributed by atoms with van der Waals surface area (Å²) in [6.07, 6.45) is 0. The Kier molecular flexibility index (Phi) is 3.57. The maximum Gasteiger partial charge on any atom is 0.223 e. The number of aryl methyl sites for hydroxylation is 1. The molecule has 2 heterocycles. The van der Waals surface area contributed by atoms with Gasteiger partial charge in [-0.2, -0.15) is 4.98 Å². The average Bonchev–Trinajstić information content (AvgIpc) is 2.79. The van der Waals surface area contributed by atoms with Crippen LogP contribution in [0.4, 0.5) is 17.5 Å². The number of nitrogens with two attached hydrogens (primary N) is 1. The molecule has 7 heteroatoms. The maximum absolute atomic E-state index is 6.13. The number of nitrogens with one attached hydrogen (secondary N) is 1. The van der Waals surface area contributed by atoms with Crippen LogP contribution in [0.2, 0.25) is 5.02 Å². The second-order valence-electron chi connectivity index (χ2n) is 4.48. The zero-order chi connectivity index (χ0) is 15.0. The summed E-state index contributed by atoms with van der Waals surface area (Å²) >= 11 is 7.71. The van der Waals surface area contributed by atoms with Crippen molar-refractivity contribution in [3.05, 3.63) is 34.2 Å². The molecule has 108 valence electrons. The van der Waals surface area contributed by atoms with E-state index >= 15 is 0 Å². The highest BCUT2D eigenvalue weighted by molar-refractivity contribution is 7.18. The molecule has 21 heavy (non-hydrogen) atoms. The standard InChI is InChI=1S/C14H13ClN4OS/c1-7-5-9-12(18-14(16)19-13(9)21-7)17-8-3-4-11(20-2)10(15)6-8/h3-6H,1-2H3,(H3,16,17,18,19). The number of ether oxygens (including phenoxy) is 1. The van der Waals surface area contributed by atoms with Crippen LogP contribution in [0.5, 0.6) is 5.75 Å². The minimum Gasteiger partial charge on any atom is -0.495 e. The van der Waals surface area contributed by atoms with Gasteiger partial charge in [-0.15, -0.1) is 11.3 Å². The fourth-order valence-corrected chi connectivity index (χ4v) is 3.18. The number of rotatable bonds is 3. The Morgan fingerprint density at radius 2 is 2.10 bits per heavy atom. The number of nitrogen functional groups attached to an aromatic ring is 1. The monoisotopic (exact) mass is 320 g/mol. The van der Waals surface area contributed by atoms with Gasteiger partial charge in [0.25, 0.3) is 0 Å². The predicted molar refractivity (Wildman–Crippen MR) is 87.9 cm³/mol. The van der Waals surface area contributed by atoms with E-state index in [1.54, 1.807) is 30.6 Å². The van der Waals surface area contributed by atoms with Crippen molar-refractivity contribution in [2.24, 2.45) is 0 Å². The number of halogens is 1. The van der Waals surface area contributed by atoms with Gasteiger partial charge in [0.15, 0.2) is 0 Å². The van der Waals surface area contributed by atoms with Gasteiger partial charge in [-0.1, -0.05) is 11.6 Å². The number of hydrogen-bond acceptors (Lipinski definition) is 6. The summed E-state index contributed by atoms with van der Waals surface area (Å²) in [5, 5.41) is 4.70. The molecule has 0 saturated heterocycles. The van der Waals surface area contributed by atoms with Gasteiger partial charge in [-0.05, 0) is 31.2 Å². The number of anilines is 3. The second kappa shape index (κ2) is 5.38. The van der Waals surface area contributed by atoms with Crippen LogP contribution in [0.3, 0.4) is 0 Å². The third-order valence-corrected chi connectivity index (χ3v) is 4.19. The molecule has 3 N–H and O–H groups in total. The summed E-state index contributed by atoms with van der Waals surface area (Å²) in [6, 6.07) is 7.48. The number of thiophene rings is 1. The summed E-state index contributed by atoms with van der Waals surface area (Å²) in [7, 11) is 1.58. The van der Waals surface area contributed by atoms with E-state index in [1.807, 2.05) is 19.1 Å². The van der Waals surface area contributed by atoms with Gasteiger partial charge in [-0.3, -0.25) is 0 Å². The normalized spacial score (nSPS) is 10.8. The fourth-order valence-electron chi connectivity index (χ4n) is 2.03. The maximum atomic E-state index is 6.13. The highest BCUT2D eigenvalue weighted by Gasteiger charge is 2.10. The van der Waals surface area contributed by atoms with Crippen molar-refractivity contribution in [3.63, 3.8) is 0 Å². The molecule has 2 aromatic heterocycles. The van der Waals surface area contributed by atoms with E-state index in [0.29, 0.717) is 16.6 Å². The number of hydrogen-bond donors (Lipinski definition) is 2. The quantitative estimate of drug-likeness (QED) is 0.763. The molecular formula is C14H13ClN4OS. The lowest BCUT2D eigenvalue weighted by molar-refractivity contribution is 0.415. The van der Waals surface area contributed by atoms with Crippen molar-refractivity contribution in [2.45, 2.75) is 6.92 Å². The third-order valence-electron chi connectivity index (χ3n) is 2.95. The van der Waals surface area contributed by atoms with Crippen LogP contribution in [0.1, 0.15) is 4.88 Å².